The van der Waals surface area contributed by atoms with Gasteiger partial charge in [0.1, 0.15) is 0 Å². The van der Waals surface area contributed by atoms with Crippen LogP contribution < -0.4 is 5.32 Å². The first kappa shape index (κ1) is 13.6. The van der Waals surface area contributed by atoms with Crippen LogP contribution in [0.5, 0.6) is 0 Å². The fourth-order valence-corrected chi connectivity index (χ4v) is 3.45. The third kappa shape index (κ3) is 2.72. The second-order valence-corrected chi connectivity index (χ2v) is 6.58. The van der Waals surface area contributed by atoms with E-state index in [4.69, 9.17) is 11.6 Å². The number of hydrogen-bond acceptors (Lipinski definition) is 4. The van der Waals surface area contributed by atoms with Crippen molar-refractivity contribution in [2.75, 3.05) is 5.32 Å². The Kier molecular flexibility index (Phi) is 3.78. The van der Waals surface area contributed by atoms with Crippen molar-refractivity contribution < 1.29 is 9.90 Å². The quantitative estimate of drug-likeness (QED) is 0.815. The average molecular weight is 312 g/mol. The van der Waals surface area contributed by atoms with Crippen molar-refractivity contribution in [3.05, 3.63) is 22.5 Å². The molecule has 2 aromatic heterocycles. The van der Waals surface area contributed by atoms with Crippen molar-refractivity contribution in [3.8, 4) is 10.6 Å². The first-order valence-electron chi connectivity index (χ1n) is 6.43. The maximum absolute atomic E-state index is 12.0. The molecule has 1 aliphatic carbocycles. The Morgan fingerprint density at radius 3 is 3.00 bits per heavy atom. The van der Waals surface area contributed by atoms with Gasteiger partial charge in [0, 0.05) is 6.07 Å². The van der Waals surface area contributed by atoms with E-state index in [2.05, 4.69) is 15.5 Å². The molecule has 2 aromatic rings. The summed E-state index contributed by atoms with van der Waals surface area (Å²) in [6.07, 6.45) is 1.77. The standard InChI is InChI=1S/C13H14ClN3O2S/c14-11-5-4-10(20-11)8-6-12(17-16-8)15-13(19)7-2-1-3-9(7)18/h4-7,9,18H,1-3H2,(H2,15,16,17,19). The van der Waals surface area contributed by atoms with Crippen LogP contribution in [0, 0.1) is 5.92 Å². The number of rotatable bonds is 3. The van der Waals surface area contributed by atoms with Gasteiger partial charge in [0.15, 0.2) is 5.82 Å². The summed E-state index contributed by atoms with van der Waals surface area (Å²) >= 11 is 7.33. The molecule has 3 rings (SSSR count). The average Bonchev–Trinajstić information content (AvgIpc) is 3.10. The molecule has 2 heterocycles. The van der Waals surface area contributed by atoms with Crippen molar-refractivity contribution in [2.24, 2.45) is 5.92 Å². The summed E-state index contributed by atoms with van der Waals surface area (Å²) in [6, 6.07) is 5.48. The molecule has 20 heavy (non-hydrogen) atoms. The number of H-pyrrole nitrogens is 1. The Morgan fingerprint density at radius 1 is 1.50 bits per heavy atom. The molecule has 0 spiro atoms. The van der Waals surface area contributed by atoms with Crippen LogP contribution in [0.3, 0.4) is 0 Å². The minimum Gasteiger partial charge on any atom is -0.392 e. The predicted molar refractivity (Wildman–Crippen MR) is 78.9 cm³/mol. The third-order valence-corrected chi connectivity index (χ3v) is 4.75. The number of halogens is 1. The molecule has 0 aliphatic heterocycles. The number of nitrogens with one attached hydrogen (secondary N) is 2. The summed E-state index contributed by atoms with van der Waals surface area (Å²) in [5.41, 5.74) is 0.809. The number of carbonyl (C=O) groups excluding carboxylic acids is 1. The number of carbonyl (C=O) groups is 1. The number of aromatic nitrogens is 2. The lowest BCUT2D eigenvalue weighted by Crippen LogP contribution is -2.28. The molecule has 0 aromatic carbocycles. The van der Waals surface area contributed by atoms with Gasteiger partial charge in [-0.2, -0.15) is 5.10 Å². The number of aromatic amines is 1. The van der Waals surface area contributed by atoms with E-state index in [0.29, 0.717) is 16.6 Å². The molecule has 7 heteroatoms. The lowest BCUT2D eigenvalue weighted by Gasteiger charge is -2.12. The van der Waals surface area contributed by atoms with Crippen LogP contribution in [0.4, 0.5) is 5.82 Å². The summed E-state index contributed by atoms with van der Waals surface area (Å²) in [5.74, 6) is -0.0304. The number of hydrogen-bond donors (Lipinski definition) is 3. The smallest absolute Gasteiger partial charge is 0.231 e. The van der Waals surface area contributed by atoms with Crippen LogP contribution in [0.1, 0.15) is 19.3 Å². The summed E-state index contributed by atoms with van der Waals surface area (Å²) in [5, 5.41) is 19.4. The minimum absolute atomic E-state index is 0.169. The highest BCUT2D eigenvalue weighted by Gasteiger charge is 2.31. The van der Waals surface area contributed by atoms with Crippen LogP contribution >= 0.6 is 22.9 Å². The highest BCUT2D eigenvalue weighted by Crippen LogP contribution is 2.31. The van der Waals surface area contributed by atoms with Gasteiger partial charge in [-0.3, -0.25) is 9.89 Å². The zero-order valence-corrected chi connectivity index (χ0v) is 12.2. The van der Waals surface area contributed by atoms with Crippen molar-refractivity contribution in [1.29, 1.82) is 0 Å². The van der Waals surface area contributed by atoms with Gasteiger partial charge in [-0.25, -0.2) is 0 Å². The monoisotopic (exact) mass is 311 g/mol. The van der Waals surface area contributed by atoms with E-state index in [1.165, 1.54) is 11.3 Å². The summed E-state index contributed by atoms with van der Waals surface area (Å²) in [4.78, 5) is 13.0. The number of anilines is 1. The van der Waals surface area contributed by atoms with E-state index in [1.54, 1.807) is 6.07 Å². The van der Waals surface area contributed by atoms with Crippen molar-refractivity contribution in [3.63, 3.8) is 0 Å². The Hall–Kier alpha value is -1.37. The highest BCUT2D eigenvalue weighted by molar-refractivity contribution is 7.19. The zero-order valence-electron chi connectivity index (χ0n) is 10.6. The van der Waals surface area contributed by atoms with Crippen molar-refractivity contribution in [1.82, 2.24) is 10.2 Å². The molecule has 1 fully saturated rings. The molecule has 2 unspecified atom stereocenters. The molecule has 3 N–H and O–H groups in total. The van der Waals surface area contributed by atoms with Crippen LogP contribution in [0.25, 0.3) is 10.6 Å². The van der Waals surface area contributed by atoms with Crippen molar-refractivity contribution in [2.45, 2.75) is 25.4 Å². The van der Waals surface area contributed by atoms with E-state index in [-0.39, 0.29) is 11.8 Å². The number of amides is 1. The van der Waals surface area contributed by atoms with Crippen molar-refractivity contribution >= 4 is 34.7 Å². The van der Waals surface area contributed by atoms with Gasteiger partial charge in [0.25, 0.3) is 0 Å². The molecular formula is C13H14ClN3O2S. The SMILES string of the molecule is O=C(Nc1cc(-c2ccc(Cl)s2)[nH]n1)C1CCCC1O. The van der Waals surface area contributed by atoms with Crippen LogP contribution in [0.15, 0.2) is 18.2 Å². The fourth-order valence-electron chi connectivity index (χ4n) is 2.44. The second-order valence-electron chi connectivity index (χ2n) is 4.86. The van der Waals surface area contributed by atoms with Gasteiger partial charge < -0.3 is 10.4 Å². The fraction of sp³-hybridized carbons (Fsp3) is 0.385. The zero-order chi connectivity index (χ0) is 14.1. The molecule has 2 atom stereocenters. The lowest BCUT2D eigenvalue weighted by molar-refractivity contribution is -0.122. The number of aliphatic hydroxyl groups is 1. The van der Waals surface area contributed by atoms with Gasteiger partial charge in [-0.15, -0.1) is 11.3 Å². The maximum Gasteiger partial charge on any atom is 0.231 e. The topological polar surface area (TPSA) is 78.0 Å². The minimum atomic E-state index is -0.537. The van der Waals surface area contributed by atoms with E-state index in [9.17, 15) is 9.90 Å². The molecule has 0 bridgehead atoms. The van der Waals surface area contributed by atoms with Gasteiger partial charge in [0.2, 0.25) is 5.91 Å². The number of thiophene rings is 1. The van der Waals surface area contributed by atoms with Crippen LogP contribution in [-0.2, 0) is 4.79 Å². The summed E-state index contributed by atoms with van der Waals surface area (Å²) in [6.45, 7) is 0. The normalized spacial score (nSPS) is 22.1. The van der Waals surface area contributed by atoms with Gasteiger partial charge in [-0.05, 0) is 31.4 Å². The molecule has 1 amide bonds. The first-order chi connectivity index (χ1) is 9.63. The Bertz CT molecular complexity index is 625. The highest BCUT2D eigenvalue weighted by atomic mass is 35.5. The molecule has 106 valence electrons. The van der Waals surface area contributed by atoms with Crippen LogP contribution in [0.2, 0.25) is 4.34 Å². The first-order valence-corrected chi connectivity index (χ1v) is 7.63. The maximum atomic E-state index is 12.0. The largest absolute Gasteiger partial charge is 0.392 e. The molecule has 0 saturated heterocycles. The lowest BCUT2D eigenvalue weighted by atomic mass is 10.1. The Balaban J connectivity index is 1.69. The van der Waals surface area contributed by atoms with Gasteiger partial charge in [0.05, 0.1) is 26.9 Å². The molecule has 0 radical (unpaired) electrons. The summed E-state index contributed by atoms with van der Waals surface area (Å²) in [7, 11) is 0. The predicted octanol–water partition coefficient (Wildman–Crippen LogP) is 2.89. The van der Waals surface area contributed by atoms with E-state index < -0.39 is 6.10 Å². The molecular weight excluding hydrogens is 298 g/mol. The second kappa shape index (κ2) is 5.55. The molecule has 1 aliphatic rings. The van der Waals surface area contributed by atoms with E-state index in [1.807, 2.05) is 12.1 Å². The van der Waals surface area contributed by atoms with Gasteiger partial charge in [-0.1, -0.05) is 11.6 Å². The van der Waals surface area contributed by atoms with Gasteiger partial charge >= 0.3 is 0 Å². The van der Waals surface area contributed by atoms with E-state index >= 15 is 0 Å². The Labute approximate surface area is 125 Å². The van der Waals surface area contributed by atoms with Crippen LogP contribution in [-0.4, -0.2) is 27.3 Å². The number of nitrogens with zero attached hydrogens (tertiary/aromatic N) is 1. The summed E-state index contributed by atoms with van der Waals surface area (Å²) < 4.78 is 0.703. The Morgan fingerprint density at radius 2 is 2.35 bits per heavy atom. The molecule has 1 saturated carbocycles. The molecule has 5 nitrogen and oxygen atoms in total. The van der Waals surface area contributed by atoms with E-state index in [0.717, 1.165) is 23.4 Å². The number of aliphatic hydroxyl groups excluding tert-OH is 1. The third-order valence-electron chi connectivity index (χ3n) is 3.48.